The van der Waals surface area contributed by atoms with Gasteiger partial charge in [-0.2, -0.15) is 0 Å². The first-order chi connectivity index (χ1) is 7.69. The third-order valence-electron chi connectivity index (χ3n) is 1.89. The van der Waals surface area contributed by atoms with E-state index in [1.807, 2.05) is 6.92 Å². The number of halogens is 1. The molecule has 0 heterocycles. The predicted octanol–water partition coefficient (Wildman–Crippen LogP) is 1.46. The molecule has 1 rings (SSSR count). The van der Waals surface area contributed by atoms with Gasteiger partial charge in [-0.15, -0.1) is 0 Å². The van der Waals surface area contributed by atoms with Gasteiger partial charge in [-0.1, -0.05) is 11.6 Å². The summed E-state index contributed by atoms with van der Waals surface area (Å²) in [4.78, 5) is 11.5. The average Bonchev–Trinajstić information content (AvgIpc) is 2.29. The normalized spacial score (nSPS) is 9.94. The fourth-order valence-corrected chi connectivity index (χ4v) is 1.42. The lowest BCUT2D eigenvalue weighted by molar-refractivity contribution is 0.0945. The predicted molar refractivity (Wildman–Crippen MR) is 62.0 cm³/mol. The Hall–Kier alpha value is -1.26. The molecule has 0 spiro atoms. The summed E-state index contributed by atoms with van der Waals surface area (Å²) in [7, 11) is 0. The molecule has 1 amide bonds. The topological polar surface area (TPSA) is 58.6 Å². The number of ether oxygens (including phenoxy) is 1. The molecule has 4 nitrogen and oxygen atoms in total. The second-order valence-corrected chi connectivity index (χ2v) is 3.46. The van der Waals surface area contributed by atoms with Crippen molar-refractivity contribution in [2.24, 2.45) is 0 Å². The molecule has 1 aromatic carbocycles. The zero-order chi connectivity index (χ0) is 12.0. The van der Waals surface area contributed by atoms with E-state index < -0.39 is 0 Å². The van der Waals surface area contributed by atoms with Crippen LogP contribution >= 0.6 is 11.6 Å². The minimum atomic E-state index is -0.265. The molecule has 2 N–H and O–H groups in total. The molecule has 0 saturated heterocycles. The lowest BCUT2D eigenvalue weighted by Gasteiger charge is -2.07. The van der Waals surface area contributed by atoms with Crippen molar-refractivity contribution in [1.82, 2.24) is 5.32 Å². The van der Waals surface area contributed by atoms with Gasteiger partial charge >= 0.3 is 0 Å². The van der Waals surface area contributed by atoms with Crippen LogP contribution in [0.5, 0.6) is 5.75 Å². The average molecular weight is 244 g/mol. The molecule has 88 valence electrons. The highest BCUT2D eigenvalue weighted by molar-refractivity contribution is 6.32. The lowest BCUT2D eigenvalue weighted by Crippen LogP contribution is -2.26. The Morgan fingerprint density at radius 3 is 2.88 bits per heavy atom. The van der Waals surface area contributed by atoms with Crippen LogP contribution in [0, 0.1) is 0 Å². The number of rotatable bonds is 5. The third kappa shape index (κ3) is 3.40. The van der Waals surface area contributed by atoms with Gasteiger partial charge in [-0.05, 0) is 25.1 Å². The highest BCUT2D eigenvalue weighted by Gasteiger charge is 2.08. The van der Waals surface area contributed by atoms with Crippen LogP contribution in [0.3, 0.4) is 0 Å². The second-order valence-electron chi connectivity index (χ2n) is 3.06. The SMILES string of the molecule is CCOc1ccc(C(=O)NCCO)cc1Cl. The zero-order valence-corrected chi connectivity index (χ0v) is 9.75. The molecule has 0 aliphatic heterocycles. The van der Waals surface area contributed by atoms with Crippen LogP contribution in [0.15, 0.2) is 18.2 Å². The molecule has 0 aliphatic carbocycles. The van der Waals surface area contributed by atoms with Gasteiger partial charge in [-0.3, -0.25) is 4.79 Å². The van der Waals surface area contributed by atoms with Gasteiger partial charge in [-0.25, -0.2) is 0 Å². The summed E-state index contributed by atoms with van der Waals surface area (Å²) in [6.45, 7) is 2.52. The zero-order valence-electron chi connectivity index (χ0n) is 9.00. The van der Waals surface area contributed by atoms with Crippen LogP contribution in [0.4, 0.5) is 0 Å². The number of carbonyl (C=O) groups excluding carboxylic acids is 1. The molecule has 1 aromatic rings. The van der Waals surface area contributed by atoms with E-state index in [0.29, 0.717) is 22.9 Å². The van der Waals surface area contributed by atoms with Crippen molar-refractivity contribution in [2.75, 3.05) is 19.8 Å². The minimum Gasteiger partial charge on any atom is -0.492 e. The van der Waals surface area contributed by atoms with Crippen molar-refractivity contribution in [3.05, 3.63) is 28.8 Å². The van der Waals surface area contributed by atoms with Crippen molar-refractivity contribution in [2.45, 2.75) is 6.92 Å². The van der Waals surface area contributed by atoms with E-state index >= 15 is 0 Å². The van der Waals surface area contributed by atoms with Gasteiger partial charge in [0.25, 0.3) is 5.91 Å². The standard InChI is InChI=1S/C11H14ClNO3/c1-2-16-10-4-3-8(7-9(10)12)11(15)13-5-6-14/h3-4,7,14H,2,5-6H2,1H3,(H,13,15). The number of aliphatic hydroxyl groups is 1. The summed E-state index contributed by atoms with van der Waals surface area (Å²) in [5.41, 5.74) is 0.446. The van der Waals surface area contributed by atoms with Gasteiger partial charge in [0.15, 0.2) is 0 Å². The Bertz CT molecular complexity index is 368. The number of aliphatic hydroxyl groups excluding tert-OH is 1. The molecule has 16 heavy (non-hydrogen) atoms. The maximum Gasteiger partial charge on any atom is 0.251 e. The highest BCUT2D eigenvalue weighted by atomic mass is 35.5. The van der Waals surface area contributed by atoms with Crippen LogP contribution in [0.1, 0.15) is 17.3 Å². The first kappa shape index (κ1) is 12.8. The van der Waals surface area contributed by atoms with E-state index in [4.69, 9.17) is 21.4 Å². The van der Waals surface area contributed by atoms with Crippen LogP contribution in [0.25, 0.3) is 0 Å². The lowest BCUT2D eigenvalue weighted by atomic mass is 10.2. The van der Waals surface area contributed by atoms with E-state index in [0.717, 1.165) is 0 Å². The first-order valence-corrected chi connectivity index (χ1v) is 5.38. The summed E-state index contributed by atoms with van der Waals surface area (Å²) in [5, 5.41) is 11.5. The van der Waals surface area contributed by atoms with Crippen molar-refractivity contribution in [1.29, 1.82) is 0 Å². The summed E-state index contributed by atoms with van der Waals surface area (Å²) in [5.74, 6) is 0.293. The van der Waals surface area contributed by atoms with E-state index in [9.17, 15) is 4.79 Å². The van der Waals surface area contributed by atoms with Gasteiger partial charge in [0.05, 0.1) is 18.2 Å². The Balaban J connectivity index is 2.76. The molecule has 5 heteroatoms. The fraction of sp³-hybridized carbons (Fsp3) is 0.364. The Labute approximate surface area is 99.2 Å². The largest absolute Gasteiger partial charge is 0.492 e. The second kappa shape index (κ2) is 6.35. The summed E-state index contributed by atoms with van der Waals surface area (Å²) < 4.78 is 5.25. The summed E-state index contributed by atoms with van der Waals surface area (Å²) >= 11 is 5.93. The molecule has 0 radical (unpaired) electrons. The van der Waals surface area contributed by atoms with Crippen molar-refractivity contribution < 1.29 is 14.6 Å². The third-order valence-corrected chi connectivity index (χ3v) is 2.19. The monoisotopic (exact) mass is 243 g/mol. The molecular formula is C11H14ClNO3. The molecule has 0 bridgehead atoms. The highest BCUT2D eigenvalue weighted by Crippen LogP contribution is 2.25. The minimum absolute atomic E-state index is 0.0868. The number of carbonyl (C=O) groups is 1. The Morgan fingerprint density at radius 2 is 2.31 bits per heavy atom. The first-order valence-electron chi connectivity index (χ1n) is 5.00. The Kier molecular flexibility index (Phi) is 5.08. The van der Waals surface area contributed by atoms with Gasteiger partial charge in [0.2, 0.25) is 0 Å². The molecular weight excluding hydrogens is 230 g/mol. The fourth-order valence-electron chi connectivity index (χ4n) is 1.19. The number of amides is 1. The van der Waals surface area contributed by atoms with Crippen LogP contribution in [0.2, 0.25) is 5.02 Å². The van der Waals surface area contributed by atoms with Crippen LogP contribution in [-0.4, -0.2) is 30.8 Å². The van der Waals surface area contributed by atoms with Crippen LogP contribution < -0.4 is 10.1 Å². The number of hydrogen-bond acceptors (Lipinski definition) is 3. The van der Waals surface area contributed by atoms with Gasteiger partial charge < -0.3 is 15.2 Å². The van der Waals surface area contributed by atoms with E-state index in [2.05, 4.69) is 5.32 Å². The van der Waals surface area contributed by atoms with Gasteiger partial charge in [0, 0.05) is 12.1 Å². The smallest absolute Gasteiger partial charge is 0.251 e. The van der Waals surface area contributed by atoms with Crippen molar-refractivity contribution in [3.63, 3.8) is 0 Å². The molecule has 0 aliphatic rings. The van der Waals surface area contributed by atoms with E-state index in [-0.39, 0.29) is 19.1 Å². The van der Waals surface area contributed by atoms with E-state index in [1.165, 1.54) is 0 Å². The molecule has 0 atom stereocenters. The number of benzene rings is 1. The maximum atomic E-state index is 11.5. The van der Waals surface area contributed by atoms with Crippen molar-refractivity contribution >= 4 is 17.5 Å². The number of hydrogen-bond donors (Lipinski definition) is 2. The summed E-state index contributed by atoms with van der Waals surface area (Å²) in [6.07, 6.45) is 0. The van der Waals surface area contributed by atoms with E-state index in [1.54, 1.807) is 18.2 Å². The molecule has 0 saturated carbocycles. The molecule has 0 fully saturated rings. The van der Waals surface area contributed by atoms with Crippen LogP contribution in [-0.2, 0) is 0 Å². The summed E-state index contributed by atoms with van der Waals surface area (Å²) in [6, 6.07) is 4.82. The van der Waals surface area contributed by atoms with Crippen molar-refractivity contribution in [3.8, 4) is 5.75 Å². The maximum absolute atomic E-state index is 11.5. The Morgan fingerprint density at radius 1 is 1.56 bits per heavy atom. The molecule has 0 unspecified atom stereocenters. The quantitative estimate of drug-likeness (QED) is 0.823. The number of nitrogens with one attached hydrogen (secondary N) is 1. The molecule has 0 aromatic heterocycles. The van der Waals surface area contributed by atoms with Gasteiger partial charge in [0.1, 0.15) is 5.75 Å².